The Morgan fingerprint density at radius 3 is 2.80 bits per heavy atom. The summed E-state index contributed by atoms with van der Waals surface area (Å²) in [5.41, 5.74) is 0. The van der Waals surface area contributed by atoms with Gasteiger partial charge in [0.15, 0.2) is 5.82 Å². The number of nitrogens with zero attached hydrogens (tertiary/aromatic N) is 4. The number of carbonyl (C=O) groups is 2. The maximum absolute atomic E-state index is 12.2. The quantitative estimate of drug-likeness (QED) is 0.666. The van der Waals surface area contributed by atoms with Gasteiger partial charge in [0.2, 0.25) is 0 Å². The molecule has 2 amide bonds. The van der Waals surface area contributed by atoms with E-state index in [1.54, 1.807) is 6.92 Å². The first-order chi connectivity index (χ1) is 9.38. The smallest absolute Gasteiger partial charge is 0.326 e. The Bertz CT molecular complexity index is 517. The number of aliphatic carboxylic acids is 1. The molecule has 1 fully saturated rings. The van der Waals surface area contributed by atoms with Crippen LogP contribution in [0.3, 0.4) is 0 Å². The van der Waals surface area contributed by atoms with Gasteiger partial charge in [-0.2, -0.15) is 5.10 Å². The maximum Gasteiger partial charge on any atom is 0.326 e. The zero-order chi connectivity index (χ0) is 14.9. The highest BCUT2D eigenvalue weighted by atomic mass is 16.4. The molecule has 0 aliphatic carbocycles. The van der Waals surface area contributed by atoms with Crippen LogP contribution in [-0.4, -0.2) is 72.9 Å². The van der Waals surface area contributed by atoms with Crippen molar-refractivity contribution in [2.45, 2.75) is 32.0 Å². The molecule has 0 radical (unpaired) electrons. The van der Waals surface area contributed by atoms with E-state index in [2.05, 4.69) is 15.2 Å². The number of aryl methyl sites for hydroxylation is 1. The number of carboxylic acids is 1. The Morgan fingerprint density at radius 2 is 2.25 bits per heavy atom. The summed E-state index contributed by atoms with van der Waals surface area (Å²) >= 11 is 0. The van der Waals surface area contributed by atoms with Gasteiger partial charge < -0.3 is 20.0 Å². The first kappa shape index (κ1) is 14.3. The van der Waals surface area contributed by atoms with Gasteiger partial charge in [-0.25, -0.2) is 14.6 Å². The molecular formula is C11H17N5O4. The van der Waals surface area contributed by atoms with Gasteiger partial charge >= 0.3 is 12.0 Å². The number of carboxylic acid groups (broad SMARTS) is 1. The van der Waals surface area contributed by atoms with Crippen molar-refractivity contribution in [1.29, 1.82) is 0 Å². The fourth-order valence-corrected chi connectivity index (χ4v) is 2.22. The van der Waals surface area contributed by atoms with Crippen LogP contribution < -0.4 is 0 Å². The average molecular weight is 283 g/mol. The second kappa shape index (κ2) is 5.45. The molecule has 110 valence electrons. The molecule has 2 unspecified atom stereocenters. The molecule has 2 heterocycles. The third kappa shape index (κ3) is 2.87. The zero-order valence-electron chi connectivity index (χ0n) is 11.3. The number of likely N-dealkylation sites (tertiary alicyclic amines) is 1. The van der Waals surface area contributed by atoms with E-state index in [0.29, 0.717) is 11.6 Å². The molecule has 20 heavy (non-hydrogen) atoms. The van der Waals surface area contributed by atoms with Gasteiger partial charge in [-0.05, 0) is 6.92 Å². The summed E-state index contributed by atoms with van der Waals surface area (Å²) < 4.78 is 0. The lowest BCUT2D eigenvalue weighted by Gasteiger charge is -2.26. The van der Waals surface area contributed by atoms with Crippen LogP contribution in [0.5, 0.6) is 0 Å². The lowest BCUT2D eigenvalue weighted by Crippen LogP contribution is -2.46. The van der Waals surface area contributed by atoms with E-state index >= 15 is 0 Å². The third-order valence-electron chi connectivity index (χ3n) is 3.16. The summed E-state index contributed by atoms with van der Waals surface area (Å²) in [7, 11) is 1.54. The summed E-state index contributed by atoms with van der Waals surface area (Å²) in [5.74, 6) is -0.0251. The predicted octanol–water partition coefficient (Wildman–Crippen LogP) is -0.815. The maximum atomic E-state index is 12.2. The summed E-state index contributed by atoms with van der Waals surface area (Å²) in [6.45, 7) is 1.94. The van der Waals surface area contributed by atoms with Gasteiger partial charge in [0.1, 0.15) is 11.9 Å². The Morgan fingerprint density at radius 1 is 1.55 bits per heavy atom. The van der Waals surface area contributed by atoms with Gasteiger partial charge in [0.05, 0.1) is 12.6 Å². The number of aromatic nitrogens is 3. The van der Waals surface area contributed by atoms with E-state index < -0.39 is 24.1 Å². The SMILES string of the molecule is Cc1nc(CN(C)C(=O)N2CC(O)CC2C(=O)O)n[nH]1. The van der Waals surface area contributed by atoms with Crippen LogP contribution in [0.25, 0.3) is 0 Å². The van der Waals surface area contributed by atoms with E-state index in [1.807, 2.05) is 0 Å². The van der Waals surface area contributed by atoms with Gasteiger partial charge in [0.25, 0.3) is 0 Å². The highest BCUT2D eigenvalue weighted by molar-refractivity contribution is 5.83. The Labute approximate surface area is 115 Å². The number of carbonyl (C=O) groups excluding carboxylic acids is 1. The standard InChI is InChI=1S/C11H17N5O4/c1-6-12-9(14-13-6)5-15(2)11(20)16-4-7(17)3-8(16)10(18)19/h7-8,17H,3-5H2,1-2H3,(H,18,19)(H,12,13,14). The number of nitrogens with one attached hydrogen (secondary N) is 1. The minimum atomic E-state index is -1.11. The molecule has 2 rings (SSSR count). The van der Waals surface area contributed by atoms with Crippen LogP contribution in [0.15, 0.2) is 0 Å². The Hall–Kier alpha value is -2.16. The number of hydrogen-bond acceptors (Lipinski definition) is 5. The largest absolute Gasteiger partial charge is 0.480 e. The number of rotatable bonds is 3. The molecular weight excluding hydrogens is 266 g/mol. The monoisotopic (exact) mass is 283 g/mol. The number of urea groups is 1. The molecule has 2 atom stereocenters. The normalized spacial score (nSPS) is 22.1. The van der Waals surface area contributed by atoms with Crippen LogP contribution in [0.1, 0.15) is 18.1 Å². The number of H-pyrrole nitrogens is 1. The van der Waals surface area contributed by atoms with E-state index in [-0.39, 0.29) is 19.5 Å². The molecule has 0 aromatic carbocycles. The summed E-state index contributed by atoms with van der Waals surface area (Å²) in [6.07, 6.45) is -0.756. The molecule has 9 nitrogen and oxygen atoms in total. The lowest BCUT2D eigenvalue weighted by atomic mass is 10.2. The van der Waals surface area contributed by atoms with Crippen molar-refractivity contribution in [2.75, 3.05) is 13.6 Å². The first-order valence-electron chi connectivity index (χ1n) is 6.19. The molecule has 3 N–H and O–H groups in total. The van der Waals surface area contributed by atoms with Crippen molar-refractivity contribution in [1.82, 2.24) is 25.0 Å². The number of aromatic amines is 1. The fraction of sp³-hybridized carbons (Fsp3) is 0.636. The van der Waals surface area contributed by atoms with E-state index in [0.717, 1.165) is 4.90 Å². The van der Waals surface area contributed by atoms with Gasteiger partial charge in [0, 0.05) is 20.0 Å². The van der Waals surface area contributed by atoms with Gasteiger partial charge in [-0.3, -0.25) is 5.10 Å². The van der Waals surface area contributed by atoms with Crippen molar-refractivity contribution < 1.29 is 19.8 Å². The average Bonchev–Trinajstić information content (AvgIpc) is 2.94. The van der Waals surface area contributed by atoms with E-state index in [9.17, 15) is 14.7 Å². The molecule has 1 aliphatic heterocycles. The highest BCUT2D eigenvalue weighted by Crippen LogP contribution is 2.20. The predicted molar refractivity (Wildman–Crippen MR) is 66.7 cm³/mol. The summed E-state index contributed by atoms with van der Waals surface area (Å²) in [6, 6.07) is -1.45. The van der Waals surface area contributed by atoms with Crippen molar-refractivity contribution in [2.24, 2.45) is 0 Å². The fourth-order valence-electron chi connectivity index (χ4n) is 2.22. The molecule has 0 spiro atoms. The number of aliphatic hydroxyl groups excluding tert-OH is 1. The molecule has 0 bridgehead atoms. The molecule has 0 saturated carbocycles. The van der Waals surface area contributed by atoms with E-state index in [1.165, 1.54) is 11.9 Å². The van der Waals surface area contributed by atoms with Gasteiger partial charge in [-0.1, -0.05) is 0 Å². The van der Waals surface area contributed by atoms with Crippen molar-refractivity contribution in [3.05, 3.63) is 11.6 Å². The molecule has 9 heteroatoms. The topological polar surface area (TPSA) is 123 Å². The minimum Gasteiger partial charge on any atom is -0.480 e. The Kier molecular flexibility index (Phi) is 3.89. The van der Waals surface area contributed by atoms with Gasteiger partial charge in [-0.15, -0.1) is 0 Å². The molecule has 1 aromatic heterocycles. The van der Waals surface area contributed by atoms with Crippen molar-refractivity contribution in [3.63, 3.8) is 0 Å². The lowest BCUT2D eigenvalue weighted by molar-refractivity contribution is -0.141. The molecule has 1 saturated heterocycles. The number of β-amino-alcohol motifs (C(OH)–C–C–N with tert-alkyl or cyclic N) is 1. The number of hydrogen-bond donors (Lipinski definition) is 3. The van der Waals surface area contributed by atoms with Crippen LogP contribution in [-0.2, 0) is 11.3 Å². The molecule has 1 aliphatic rings. The summed E-state index contributed by atoms with van der Waals surface area (Å²) in [4.78, 5) is 29.9. The van der Waals surface area contributed by atoms with Crippen molar-refractivity contribution >= 4 is 12.0 Å². The second-order valence-electron chi connectivity index (χ2n) is 4.87. The zero-order valence-corrected chi connectivity index (χ0v) is 11.3. The van der Waals surface area contributed by atoms with Crippen molar-refractivity contribution in [3.8, 4) is 0 Å². The first-order valence-corrected chi connectivity index (χ1v) is 6.19. The highest BCUT2D eigenvalue weighted by Gasteiger charge is 2.40. The van der Waals surface area contributed by atoms with E-state index in [4.69, 9.17) is 5.11 Å². The third-order valence-corrected chi connectivity index (χ3v) is 3.16. The Balaban J connectivity index is 2.04. The summed E-state index contributed by atoms with van der Waals surface area (Å²) in [5, 5.41) is 25.2. The van der Waals surface area contributed by atoms with Crippen LogP contribution in [0.2, 0.25) is 0 Å². The van der Waals surface area contributed by atoms with Crippen LogP contribution in [0, 0.1) is 6.92 Å². The molecule has 1 aromatic rings. The second-order valence-corrected chi connectivity index (χ2v) is 4.87. The van der Waals surface area contributed by atoms with Crippen LogP contribution in [0.4, 0.5) is 4.79 Å². The number of amides is 2. The van der Waals surface area contributed by atoms with Crippen LogP contribution >= 0.6 is 0 Å². The minimum absolute atomic E-state index is 0.0210. The number of aliphatic hydroxyl groups is 1.